The summed E-state index contributed by atoms with van der Waals surface area (Å²) in [5.41, 5.74) is 4.70. The Morgan fingerprint density at radius 2 is 1.54 bits per heavy atom. The van der Waals surface area contributed by atoms with Gasteiger partial charge in [-0.25, -0.2) is 4.79 Å². The molecule has 0 spiro atoms. The van der Waals surface area contributed by atoms with Crippen molar-refractivity contribution >= 4 is 34.7 Å². The number of hydrogen-bond donors (Lipinski definition) is 2. The largest absolute Gasteiger partial charge is 0.459 e. The molecular weight excluding hydrogens is 320 g/mol. The van der Waals surface area contributed by atoms with E-state index < -0.39 is 0 Å². The third-order valence-electron chi connectivity index (χ3n) is 3.49. The number of thiocarbonyl (C=S) groups is 1. The Morgan fingerprint density at radius 3 is 2.12 bits per heavy atom. The average molecular weight is 342 g/mol. The first-order valence-corrected chi connectivity index (χ1v) is 8.22. The van der Waals surface area contributed by atoms with Gasteiger partial charge in [0.1, 0.15) is 0 Å². The lowest BCUT2D eigenvalue weighted by molar-refractivity contribution is 0.0378. The van der Waals surface area contributed by atoms with Gasteiger partial charge >= 0.3 is 5.97 Å². The maximum atomic E-state index is 11.8. The van der Waals surface area contributed by atoms with Crippen LogP contribution in [0.1, 0.15) is 35.3 Å². The second kappa shape index (κ2) is 7.93. The van der Waals surface area contributed by atoms with Gasteiger partial charge in [0.15, 0.2) is 5.11 Å². The first kappa shape index (κ1) is 17.9. The van der Waals surface area contributed by atoms with Gasteiger partial charge in [-0.15, -0.1) is 0 Å². The monoisotopic (exact) mass is 342 g/mol. The normalized spacial score (nSPS) is 10.4. The van der Waals surface area contributed by atoms with E-state index in [1.165, 1.54) is 11.1 Å². The molecule has 0 aliphatic rings. The van der Waals surface area contributed by atoms with Crippen molar-refractivity contribution in [2.75, 3.05) is 10.6 Å². The molecule has 2 N–H and O–H groups in total. The third kappa shape index (κ3) is 5.06. The van der Waals surface area contributed by atoms with Crippen LogP contribution in [0.25, 0.3) is 0 Å². The molecule has 0 heterocycles. The van der Waals surface area contributed by atoms with E-state index in [4.69, 9.17) is 17.0 Å². The number of rotatable bonds is 4. The number of esters is 1. The first-order valence-electron chi connectivity index (χ1n) is 7.81. The van der Waals surface area contributed by atoms with E-state index in [0.717, 1.165) is 11.4 Å². The quantitative estimate of drug-likeness (QED) is 0.624. The van der Waals surface area contributed by atoms with Crippen molar-refractivity contribution in [1.29, 1.82) is 0 Å². The van der Waals surface area contributed by atoms with Gasteiger partial charge < -0.3 is 15.4 Å². The average Bonchev–Trinajstić information content (AvgIpc) is 2.51. The summed E-state index contributed by atoms with van der Waals surface area (Å²) in [6.07, 6.45) is -0.134. The highest BCUT2D eigenvalue weighted by Crippen LogP contribution is 2.16. The standard InChI is InChI=1S/C19H22N2O2S/c1-12(2)23-18(22)15-6-9-16(10-7-15)20-19(24)21-17-8-5-13(3)14(4)11-17/h5-12H,1-4H3,(H2,20,21,24). The van der Waals surface area contributed by atoms with E-state index in [0.29, 0.717) is 10.7 Å². The van der Waals surface area contributed by atoms with Crippen LogP contribution < -0.4 is 10.6 Å². The summed E-state index contributed by atoms with van der Waals surface area (Å²) in [6, 6.07) is 13.1. The third-order valence-corrected chi connectivity index (χ3v) is 3.69. The highest BCUT2D eigenvalue weighted by atomic mass is 32.1. The molecule has 0 aromatic heterocycles. The number of hydrogen-bond acceptors (Lipinski definition) is 3. The van der Waals surface area contributed by atoms with E-state index in [2.05, 4.69) is 30.5 Å². The van der Waals surface area contributed by atoms with E-state index in [-0.39, 0.29) is 12.1 Å². The zero-order chi connectivity index (χ0) is 17.7. The summed E-state index contributed by atoms with van der Waals surface area (Å²) < 4.78 is 5.16. The second-order valence-electron chi connectivity index (χ2n) is 5.91. The van der Waals surface area contributed by atoms with Crippen LogP contribution in [0, 0.1) is 13.8 Å². The molecule has 0 aliphatic heterocycles. The Labute approximate surface area is 148 Å². The van der Waals surface area contributed by atoms with Crippen LogP contribution in [-0.4, -0.2) is 17.2 Å². The maximum absolute atomic E-state index is 11.8. The van der Waals surface area contributed by atoms with Gasteiger partial charge in [0.25, 0.3) is 0 Å². The summed E-state index contributed by atoms with van der Waals surface area (Å²) in [5, 5.41) is 6.75. The van der Waals surface area contributed by atoms with Crippen molar-refractivity contribution in [2.45, 2.75) is 33.8 Å². The molecule has 4 nitrogen and oxygen atoms in total. The Morgan fingerprint density at radius 1 is 0.958 bits per heavy atom. The molecular formula is C19H22N2O2S. The highest BCUT2D eigenvalue weighted by Gasteiger charge is 2.09. The van der Waals surface area contributed by atoms with Gasteiger partial charge in [-0.05, 0) is 87.4 Å². The summed E-state index contributed by atoms with van der Waals surface area (Å²) in [6.45, 7) is 7.78. The van der Waals surface area contributed by atoms with Crippen molar-refractivity contribution in [2.24, 2.45) is 0 Å². The fourth-order valence-electron chi connectivity index (χ4n) is 2.08. The first-order chi connectivity index (χ1) is 11.3. The zero-order valence-electron chi connectivity index (χ0n) is 14.3. The van der Waals surface area contributed by atoms with Crippen LogP contribution in [0.4, 0.5) is 11.4 Å². The number of ether oxygens (including phenoxy) is 1. The molecule has 0 saturated heterocycles. The molecule has 0 bridgehead atoms. The maximum Gasteiger partial charge on any atom is 0.338 e. The van der Waals surface area contributed by atoms with Gasteiger partial charge in [0, 0.05) is 11.4 Å². The molecule has 0 amide bonds. The van der Waals surface area contributed by atoms with Crippen molar-refractivity contribution in [3.63, 3.8) is 0 Å². The summed E-state index contributed by atoms with van der Waals surface area (Å²) in [5.74, 6) is -0.326. The summed E-state index contributed by atoms with van der Waals surface area (Å²) >= 11 is 5.32. The van der Waals surface area contributed by atoms with Crippen molar-refractivity contribution in [1.82, 2.24) is 0 Å². The van der Waals surface area contributed by atoms with E-state index in [1.54, 1.807) is 24.3 Å². The number of benzene rings is 2. The molecule has 0 saturated carbocycles. The van der Waals surface area contributed by atoms with Gasteiger partial charge in [-0.2, -0.15) is 0 Å². The second-order valence-corrected chi connectivity index (χ2v) is 6.32. The minimum atomic E-state index is -0.326. The number of carbonyl (C=O) groups excluding carboxylic acids is 1. The molecule has 2 aromatic rings. The minimum absolute atomic E-state index is 0.134. The highest BCUT2D eigenvalue weighted by molar-refractivity contribution is 7.80. The van der Waals surface area contributed by atoms with Gasteiger partial charge in [0.2, 0.25) is 0 Å². The van der Waals surface area contributed by atoms with E-state index in [9.17, 15) is 4.79 Å². The lowest BCUT2D eigenvalue weighted by atomic mass is 10.1. The lowest BCUT2D eigenvalue weighted by Gasteiger charge is -2.12. The lowest BCUT2D eigenvalue weighted by Crippen LogP contribution is -2.19. The molecule has 5 heteroatoms. The number of aryl methyl sites for hydroxylation is 2. The molecule has 126 valence electrons. The molecule has 0 atom stereocenters. The van der Waals surface area contributed by atoms with Gasteiger partial charge in [0.05, 0.1) is 11.7 Å². The molecule has 24 heavy (non-hydrogen) atoms. The fourth-order valence-corrected chi connectivity index (χ4v) is 2.32. The van der Waals surface area contributed by atoms with E-state index in [1.807, 2.05) is 26.0 Å². The molecule has 0 unspecified atom stereocenters. The summed E-state index contributed by atoms with van der Waals surface area (Å²) in [7, 11) is 0. The van der Waals surface area contributed by atoms with Crippen LogP contribution in [0.5, 0.6) is 0 Å². The number of nitrogens with one attached hydrogen (secondary N) is 2. The van der Waals surface area contributed by atoms with Crippen molar-refractivity contribution in [3.05, 3.63) is 59.2 Å². The van der Waals surface area contributed by atoms with Gasteiger partial charge in [-0.1, -0.05) is 6.07 Å². The molecule has 0 fully saturated rings. The number of anilines is 2. The Hall–Kier alpha value is -2.40. The Kier molecular flexibility index (Phi) is 5.93. The van der Waals surface area contributed by atoms with Crippen LogP contribution in [0.3, 0.4) is 0 Å². The van der Waals surface area contributed by atoms with Crippen LogP contribution >= 0.6 is 12.2 Å². The Bertz CT molecular complexity index is 740. The summed E-state index contributed by atoms with van der Waals surface area (Å²) in [4.78, 5) is 11.8. The van der Waals surface area contributed by atoms with Crippen LogP contribution in [0.2, 0.25) is 0 Å². The predicted octanol–water partition coefficient (Wildman–Crippen LogP) is 4.68. The zero-order valence-corrected chi connectivity index (χ0v) is 15.2. The molecule has 2 aromatic carbocycles. The number of carbonyl (C=O) groups is 1. The smallest absolute Gasteiger partial charge is 0.338 e. The fraction of sp³-hybridized carbons (Fsp3) is 0.263. The van der Waals surface area contributed by atoms with Crippen molar-refractivity contribution in [3.8, 4) is 0 Å². The Balaban J connectivity index is 1.96. The van der Waals surface area contributed by atoms with Crippen molar-refractivity contribution < 1.29 is 9.53 Å². The molecule has 0 aliphatic carbocycles. The van der Waals surface area contributed by atoms with E-state index >= 15 is 0 Å². The molecule has 2 rings (SSSR count). The minimum Gasteiger partial charge on any atom is -0.459 e. The SMILES string of the molecule is Cc1ccc(NC(=S)Nc2ccc(C(=O)OC(C)C)cc2)cc1C. The topological polar surface area (TPSA) is 50.4 Å². The van der Waals surface area contributed by atoms with Crippen LogP contribution in [-0.2, 0) is 4.74 Å². The molecule has 0 radical (unpaired) electrons. The van der Waals surface area contributed by atoms with Crippen LogP contribution in [0.15, 0.2) is 42.5 Å². The van der Waals surface area contributed by atoms with Gasteiger partial charge in [-0.3, -0.25) is 0 Å². The predicted molar refractivity (Wildman–Crippen MR) is 103 cm³/mol.